The lowest BCUT2D eigenvalue weighted by Crippen LogP contribution is -2.45. The Morgan fingerprint density at radius 2 is 0.836 bits per heavy atom. The number of nitrogens with zero attached hydrogens (tertiary/aromatic N) is 1. The molecule has 0 saturated carbocycles. The summed E-state index contributed by atoms with van der Waals surface area (Å²) >= 11 is 0. The number of hydrogen-bond acceptors (Lipinski definition) is 5. The fraction of sp³-hybridized carbons (Fsp3) is 0.734. The topological polar surface area (TPSA) is 105 Å². The van der Waals surface area contributed by atoms with Gasteiger partial charge in [-0.3, -0.25) is 13.8 Å². The smallest absolute Gasteiger partial charge is 0.387 e. The fourth-order valence-corrected chi connectivity index (χ4v) is 9.09. The molecule has 0 saturated heterocycles. The molecule has 0 aliphatic carbocycles. The maximum absolute atomic E-state index is 13.0. The zero-order valence-electron chi connectivity index (χ0n) is 48.1. The van der Waals surface area contributed by atoms with Crippen LogP contribution in [0.3, 0.4) is 0 Å². The molecule has 0 heterocycles. The zero-order chi connectivity index (χ0) is 53.5. The summed E-state index contributed by atoms with van der Waals surface area (Å²) in [4.78, 5) is 23.3. The molecule has 0 spiro atoms. The monoisotopic (exact) mass is 1040 g/mol. The summed E-state index contributed by atoms with van der Waals surface area (Å²) in [5.74, 6) is -0.189. The molecule has 0 rings (SSSR count). The van der Waals surface area contributed by atoms with Gasteiger partial charge in [-0.2, -0.15) is 0 Å². The van der Waals surface area contributed by atoms with E-state index in [0.717, 1.165) is 77.0 Å². The Morgan fingerprint density at radius 3 is 1.26 bits per heavy atom. The van der Waals surface area contributed by atoms with Crippen molar-refractivity contribution in [3.05, 3.63) is 97.2 Å². The van der Waals surface area contributed by atoms with E-state index in [9.17, 15) is 19.4 Å². The van der Waals surface area contributed by atoms with E-state index < -0.39 is 20.0 Å². The zero-order valence-corrected chi connectivity index (χ0v) is 49.0. The second-order valence-corrected chi connectivity index (χ2v) is 22.8. The van der Waals surface area contributed by atoms with Crippen LogP contribution in [0.25, 0.3) is 0 Å². The van der Waals surface area contributed by atoms with E-state index >= 15 is 0 Å². The first-order chi connectivity index (χ1) is 35.5. The minimum atomic E-state index is -4.36. The summed E-state index contributed by atoms with van der Waals surface area (Å²) < 4.78 is 23.7. The van der Waals surface area contributed by atoms with Crippen LogP contribution in [0.1, 0.15) is 251 Å². The molecule has 0 aromatic rings. The average Bonchev–Trinajstić information content (AvgIpc) is 3.35. The largest absolute Gasteiger partial charge is 0.472 e. The summed E-state index contributed by atoms with van der Waals surface area (Å²) in [7, 11) is 1.55. The lowest BCUT2D eigenvalue weighted by Gasteiger charge is -2.25. The molecule has 1 amide bonds. The van der Waals surface area contributed by atoms with Crippen molar-refractivity contribution in [3.63, 3.8) is 0 Å². The molecule has 3 unspecified atom stereocenters. The highest BCUT2D eigenvalue weighted by Crippen LogP contribution is 2.43. The number of aliphatic hydroxyl groups is 1. The highest BCUT2D eigenvalue weighted by molar-refractivity contribution is 7.47. The van der Waals surface area contributed by atoms with Crippen molar-refractivity contribution in [1.29, 1.82) is 0 Å². The molecule has 73 heavy (non-hydrogen) atoms. The van der Waals surface area contributed by atoms with E-state index in [1.807, 2.05) is 27.2 Å². The van der Waals surface area contributed by atoms with Gasteiger partial charge >= 0.3 is 7.82 Å². The SMILES string of the molecule is CC/C=C\C/C=C\C/C=C\C/C=C\C/C=C\C/C=C\CCCCCCCCCCCCCCCCC(=O)NC(COP(=O)(O)OCC[N+](C)(C)C)C(O)/C=C/CC/C=C/CCCCCCCCCCCCCC. The first-order valence-electron chi connectivity index (χ1n) is 30.1. The molecular weight excluding hydrogens is 924 g/mol. The predicted octanol–water partition coefficient (Wildman–Crippen LogP) is 18.6. The van der Waals surface area contributed by atoms with Crippen LogP contribution in [0, 0.1) is 0 Å². The second-order valence-electron chi connectivity index (χ2n) is 21.3. The Labute approximate surface area is 451 Å². The van der Waals surface area contributed by atoms with Crippen LogP contribution in [-0.4, -0.2) is 73.4 Å². The van der Waals surface area contributed by atoms with Crippen LogP contribution in [0.4, 0.5) is 0 Å². The number of phosphoric ester groups is 1. The van der Waals surface area contributed by atoms with E-state index in [1.165, 1.54) is 154 Å². The molecular formula is C64H116N2O6P+. The van der Waals surface area contributed by atoms with Gasteiger partial charge in [-0.1, -0.05) is 259 Å². The van der Waals surface area contributed by atoms with Crippen molar-refractivity contribution in [3.8, 4) is 0 Å². The standard InChI is InChI=1S/C64H115N2O6P/c1-6-8-10-12-14-16-18-20-22-24-26-27-28-29-30-31-32-33-34-35-36-37-38-39-40-42-44-46-48-50-52-54-56-58-64(68)65-62(61-72-73(69,70)71-60-59-66(3,4)5)63(67)57-55-53-51-49-47-45-43-41-25-23-21-19-17-15-13-11-9-7-2/h8,10,14,16,20,22,26-27,29-30,32-33,47,49,55,57,62-63,67H,6-7,9,11-13,15,17-19,21,23-25,28,31,34-46,48,50-54,56,58-61H2,1-5H3,(H-,65,68,69,70)/p+1/b10-8-,16-14-,22-20-,27-26-,30-29-,33-32-,49-47+,57-55+. The highest BCUT2D eigenvalue weighted by Gasteiger charge is 2.27. The first-order valence-corrected chi connectivity index (χ1v) is 31.6. The Bertz CT molecular complexity index is 1510. The number of nitrogens with one attached hydrogen (secondary N) is 1. The van der Waals surface area contributed by atoms with E-state index in [4.69, 9.17) is 9.05 Å². The summed E-state index contributed by atoms with van der Waals surface area (Å²) in [6.07, 6.45) is 78.0. The maximum Gasteiger partial charge on any atom is 0.472 e. The number of amides is 1. The predicted molar refractivity (Wildman–Crippen MR) is 318 cm³/mol. The minimum absolute atomic E-state index is 0.0529. The Balaban J connectivity index is 4.16. The molecule has 0 aliphatic heterocycles. The molecule has 0 radical (unpaired) electrons. The van der Waals surface area contributed by atoms with Crippen molar-refractivity contribution in [2.45, 2.75) is 264 Å². The van der Waals surface area contributed by atoms with Crippen molar-refractivity contribution in [1.82, 2.24) is 5.32 Å². The summed E-state index contributed by atoms with van der Waals surface area (Å²) in [5, 5.41) is 13.9. The van der Waals surface area contributed by atoms with Gasteiger partial charge in [-0.25, -0.2) is 4.57 Å². The third-order valence-electron chi connectivity index (χ3n) is 13.0. The van der Waals surface area contributed by atoms with Gasteiger partial charge in [0.25, 0.3) is 0 Å². The molecule has 0 bridgehead atoms. The summed E-state index contributed by atoms with van der Waals surface area (Å²) in [6, 6.07) is -0.869. The lowest BCUT2D eigenvalue weighted by molar-refractivity contribution is -0.870. The lowest BCUT2D eigenvalue weighted by atomic mass is 10.0. The van der Waals surface area contributed by atoms with Crippen molar-refractivity contribution >= 4 is 13.7 Å². The molecule has 0 aromatic heterocycles. The van der Waals surface area contributed by atoms with E-state index in [2.05, 4.69) is 104 Å². The molecule has 3 atom stereocenters. The third kappa shape index (κ3) is 57.0. The van der Waals surface area contributed by atoms with Crippen LogP contribution in [0.2, 0.25) is 0 Å². The van der Waals surface area contributed by atoms with Crippen LogP contribution >= 0.6 is 7.82 Å². The quantitative estimate of drug-likeness (QED) is 0.0243. The molecule has 0 fully saturated rings. The van der Waals surface area contributed by atoms with Gasteiger partial charge in [-0.05, 0) is 83.5 Å². The molecule has 0 aromatic carbocycles. The fourth-order valence-electron chi connectivity index (χ4n) is 8.36. The highest BCUT2D eigenvalue weighted by atomic mass is 31.2. The Kier molecular flexibility index (Phi) is 52.3. The Hall–Kier alpha value is -2.58. The van der Waals surface area contributed by atoms with E-state index in [0.29, 0.717) is 17.4 Å². The van der Waals surface area contributed by atoms with E-state index in [-0.39, 0.29) is 19.1 Å². The van der Waals surface area contributed by atoms with Crippen molar-refractivity contribution < 1.29 is 32.9 Å². The number of carbonyl (C=O) groups excluding carboxylic acids is 1. The first kappa shape index (κ1) is 70.4. The number of quaternary nitrogens is 1. The summed E-state index contributed by atoms with van der Waals surface area (Å²) in [5.41, 5.74) is 0. The van der Waals surface area contributed by atoms with Crippen LogP contribution in [-0.2, 0) is 18.4 Å². The third-order valence-corrected chi connectivity index (χ3v) is 14.0. The number of hydrogen-bond donors (Lipinski definition) is 3. The second kappa shape index (κ2) is 54.2. The Morgan fingerprint density at radius 1 is 0.479 bits per heavy atom. The van der Waals surface area contributed by atoms with Gasteiger partial charge in [0.15, 0.2) is 0 Å². The number of carbonyl (C=O) groups is 1. The van der Waals surface area contributed by atoms with Crippen LogP contribution in [0.5, 0.6) is 0 Å². The molecule has 9 heteroatoms. The van der Waals surface area contributed by atoms with Crippen molar-refractivity contribution in [2.24, 2.45) is 0 Å². The molecule has 3 N–H and O–H groups in total. The van der Waals surface area contributed by atoms with Crippen LogP contribution in [0.15, 0.2) is 97.2 Å². The normalized spacial score (nSPS) is 14.6. The maximum atomic E-state index is 13.0. The number of phosphoric acid groups is 1. The van der Waals surface area contributed by atoms with Gasteiger partial charge in [0.2, 0.25) is 5.91 Å². The summed E-state index contributed by atoms with van der Waals surface area (Å²) in [6.45, 7) is 4.69. The molecule has 0 aliphatic rings. The number of allylic oxidation sites excluding steroid dienone is 15. The van der Waals surface area contributed by atoms with Gasteiger partial charge in [0.1, 0.15) is 13.2 Å². The van der Waals surface area contributed by atoms with Crippen LogP contribution < -0.4 is 5.32 Å². The van der Waals surface area contributed by atoms with Gasteiger partial charge < -0.3 is 19.8 Å². The molecule has 8 nitrogen and oxygen atoms in total. The minimum Gasteiger partial charge on any atom is -0.387 e. The number of likely N-dealkylation sites (N-methyl/N-ethyl adjacent to an activating group) is 1. The average molecular weight is 1040 g/mol. The van der Waals surface area contributed by atoms with Gasteiger partial charge in [0, 0.05) is 6.42 Å². The molecule has 422 valence electrons. The van der Waals surface area contributed by atoms with Gasteiger partial charge in [-0.15, -0.1) is 0 Å². The van der Waals surface area contributed by atoms with E-state index in [1.54, 1.807) is 6.08 Å². The number of rotatable bonds is 54. The number of aliphatic hydroxyl groups excluding tert-OH is 1. The number of unbranched alkanes of at least 4 members (excludes halogenated alkanes) is 27. The van der Waals surface area contributed by atoms with Crippen molar-refractivity contribution in [2.75, 3.05) is 40.9 Å². The van der Waals surface area contributed by atoms with Gasteiger partial charge in [0.05, 0.1) is 39.9 Å².